The van der Waals surface area contributed by atoms with Crippen molar-refractivity contribution in [2.45, 2.75) is 30.4 Å². The van der Waals surface area contributed by atoms with E-state index in [1.165, 1.54) is 0 Å². The zero-order valence-corrected chi connectivity index (χ0v) is 15.9. The minimum absolute atomic E-state index is 0.0626. The highest BCUT2D eigenvalue weighted by Gasteiger charge is 2.13. The van der Waals surface area contributed by atoms with Gasteiger partial charge in [-0.15, -0.1) is 11.3 Å². The number of thiazole rings is 1. The van der Waals surface area contributed by atoms with Crippen molar-refractivity contribution in [1.82, 2.24) is 4.98 Å². The number of aryl methyl sites for hydroxylation is 2. The van der Waals surface area contributed by atoms with Gasteiger partial charge in [-0.2, -0.15) is 0 Å². The Labute approximate surface area is 156 Å². The van der Waals surface area contributed by atoms with Crippen LogP contribution >= 0.6 is 23.1 Å². The highest BCUT2D eigenvalue weighted by atomic mass is 32.2. The molecule has 0 unspecified atom stereocenters. The Bertz CT molecular complexity index is 873. The Hall–Kier alpha value is -2.11. The molecule has 3 rings (SSSR count). The fourth-order valence-corrected chi connectivity index (χ4v) is 4.40. The van der Waals surface area contributed by atoms with Crippen LogP contribution in [0.3, 0.4) is 0 Å². The summed E-state index contributed by atoms with van der Waals surface area (Å²) in [6.07, 6.45) is 0.886. The van der Waals surface area contributed by atoms with Crippen molar-refractivity contribution in [2.24, 2.45) is 0 Å². The number of rotatable bonds is 6. The standard InChI is InChI=1S/C20H20N2OS2/c1-3-15-8-5-7-11-18(15)22-19(23)17-10-6-4-9-16(17)13-25-20-21-14(2)12-24-20/h4-12H,3,13H2,1-2H3,(H,22,23). The van der Waals surface area contributed by atoms with Crippen molar-refractivity contribution in [1.29, 1.82) is 0 Å². The fourth-order valence-electron chi connectivity index (χ4n) is 2.55. The van der Waals surface area contributed by atoms with E-state index in [1.54, 1.807) is 23.1 Å². The number of benzene rings is 2. The van der Waals surface area contributed by atoms with Crippen molar-refractivity contribution in [3.05, 3.63) is 76.3 Å². The zero-order valence-electron chi connectivity index (χ0n) is 14.3. The third kappa shape index (κ3) is 4.50. The summed E-state index contributed by atoms with van der Waals surface area (Å²) in [6, 6.07) is 15.7. The summed E-state index contributed by atoms with van der Waals surface area (Å²) >= 11 is 3.31. The lowest BCUT2D eigenvalue weighted by Gasteiger charge is -2.12. The second kappa shape index (κ2) is 8.32. The lowest BCUT2D eigenvalue weighted by atomic mass is 10.1. The van der Waals surface area contributed by atoms with Gasteiger partial charge in [0.2, 0.25) is 0 Å². The van der Waals surface area contributed by atoms with Gasteiger partial charge in [0, 0.05) is 28.1 Å². The number of carbonyl (C=O) groups excluding carboxylic acids is 1. The molecule has 1 amide bonds. The maximum absolute atomic E-state index is 12.8. The summed E-state index contributed by atoms with van der Waals surface area (Å²) in [4.78, 5) is 17.3. The van der Waals surface area contributed by atoms with Crippen LogP contribution < -0.4 is 5.32 Å². The van der Waals surface area contributed by atoms with E-state index in [4.69, 9.17) is 0 Å². The molecule has 5 heteroatoms. The van der Waals surface area contributed by atoms with Crippen LogP contribution in [-0.4, -0.2) is 10.9 Å². The number of hydrogen-bond acceptors (Lipinski definition) is 4. The van der Waals surface area contributed by atoms with Crippen LogP contribution in [0.15, 0.2) is 58.3 Å². The van der Waals surface area contributed by atoms with E-state index in [-0.39, 0.29) is 5.91 Å². The van der Waals surface area contributed by atoms with Gasteiger partial charge >= 0.3 is 0 Å². The topological polar surface area (TPSA) is 42.0 Å². The number of nitrogens with one attached hydrogen (secondary N) is 1. The first-order valence-electron chi connectivity index (χ1n) is 8.19. The number of thioether (sulfide) groups is 1. The minimum Gasteiger partial charge on any atom is -0.322 e. The smallest absolute Gasteiger partial charge is 0.255 e. The predicted octanol–water partition coefficient (Wildman–Crippen LogP) is 5.56. The third-order valence-corrected chi connectivity index (χ3v) is 6.05. The summed E-state index contributed by atoms with van der Waals surface area (Å²) in [5, 5.41) is 5.10. The average Bonchev–Trinajstić information content (AvgIpc) is 3.06. The Balaban J connectivity index is 1.76. The third-order valence-electron chi connectivity index (χ3n) is 3.86. The highest BCUT2D eigenvalue weighted by molar-refractivity contribution is 8.00. The van der Waals surface area contributed by atoms with Crippen LogP contribution in [0.5, 0.6) is 0 Å². The van der Waals surface area contributed by atoms with Crippen LogP contribution in [0.4, 0.5) is 5.69 Å². The number of amides is 1. The van der Waals surface area contributed by atoms with Gasteiger partial charge in [0.1, 0.15) is 4.34 Å². The molecule has 1 N–H and O–H groups in total. The van der Waals surface area contributed by atoms with Gasteiger partial charge in [-0.25, -0.2) is 4.98 Å². The number of anilines is 1. The molecule has 25 heavy (non-hydrogen) atoms. The molecule has 0 aliphatic carbocycles. The number of aromatic nitrogens is 1. The molecule has 2 aromatic carbocycles. The molecule has 3 aromatic rings. The van der Waals surface area contributed by atoms with Crippen molar-refractivity contribution in [3.63, 3.8) is 0 Å². The first-order chi connectivity index (χ1) is 12.2. The molecule has 0 aliphatic heterocycles. The zero-order chi connectivity index (χ0) is 17.6. The molecule has 3 nitrogen and oxygen atoms in total. The van der Waals surface area contributed by atoms with E-state index in [0.717, 1.165) is 39.0 Å². The van der Waals surface area contributed by atoms with E-state index >= 15 is 0 Å². The van der Waals surface area contributed by atoms with Crippen molar-refractivity contribution in [2.75, 3.05) is 5.32 Å². The Morgan fingerprint density at radius 1 is 1.12 bits per heavy atom. The molecule has 1 aromatic heterocycles. The second-order valence-corrected chi connectivity index (χ2v) is 7.75. The van der Waals surface area contributed by atoms with E-state index < -0.39 is 0 Å². The van der Waals surface area contributed by atoms with E-state index in [0.29, 0.717) is 5.56 Å². The lowest BCUT2D eigenvalue weighted by molar-refractivity contribution is 0.102. The van der Waals surface area contributed by atoms with E-state index in [1.807, 2.05) is 60.8 Å². The molecule has 0 atom stereocenters. The number of hydrogen-bond donors (Lipinski definition) is 1. The number of para-hydroxylation sites is 1. The van der Waals surface area contributed by atoms with Gasteiger partial charge in [0.05, 0.1) is 0 Å². The summed E-state index contributed by atoms with van der Waals surface area (Å²) < 4.78 is 1.03. The van der Waals surface area contributed by atoms with E-state index in [9.17, 15) is 4.79 Å². The normalized spacial score (nSPS) is 10.6. The van der Waals surface area contributed by atoms with E-state index in [2.05, 4.69) is 17.2 Å². The molecule has 128 valence electrons. The SMILES string of the molecule is CCc1ccccc1NC(=O)c1ccccc1CSc1nc(C)cs1. The maximum Gasteiger partial charge on any atom is 0.255 e. The fraction of sp³-hybridized carbons (Fsp3) is 0.200. The van der Waals surface area contributed by atoms with Crippen LogP contribution in [0.2, 0.25) is 0 Å². The van der Waals surface area contributed by atoms with Crippen molar-refractivity contribution < 1.29 is 4.79 Å². The summed E-state index contributed by atoms with van der Waals surface area (Å²) in [5.41, 5.74) is 4.80. The molecular formula is C20H20N2OS2. The molecule has 0 aliphatic rings. The van der Waals surface area contributed by atoms with Crippen LogP contribution in [0, 0.1) is 6.92 Å². The van der Waals surface area contributed by atoms with Crippen LogP contribution in [0.25, 0.3) is 0 Å². The van der Waals surface area contributed by atoms with Crippen molar-refractivity contribution in [3.8, 4) is 0 Å². The molecule has 1 heterocycles. The quantitative estimate of drug-likeness (QED) is 0.579. The average molecular weight is 369 g/mol. The van der Waals surface area contributed by atoms with Gasteiger partial charge < -0.3 is 5.32 Å². The molecule has 0 bridgehead atoms. The second-order valence-electron chi connectivity index (χ2n) is 5.67. The molecule has 0 saturated heterocycles. The number of carbonyl (C=O) groups is 1. The molecule has 0 saturated carbocycles. The highest BCUT2D eigenvalue weighted by Crippen LogP contribution is 2.27. The van der Waals surface area contributed by atoms with Crippen LogP contribution in [-0.2, 0) is 12.2 Å². The monoisotopic (exact) mass is 368 g/mol. The van der Waals surface area contributed by atoms with Gasteiger partial charge in [-0.05, 0) is 36.6 Å². The van der Waals surface area contributed by atoms with Gasteiger partial charge in [-0.3, -0.25) is 4.79 Å². The van der Waals surface area contributed by atoms with Crippen LogP contribution in [0.1, 0.15) is 34.1 Å². The summed E-state index contributed by atoms with van der Waals surface area (Å²) in [7, 11) is 0. The first-order valence-corrected chi connectivity index (χ1v) is 10.1. The minimum atomic E-state index is -0.0626. The lowest BCUT2D eigenvalue weighted by Crippen LogP contribution is -2.15. The molecule has 0 radical (unpaired) electrons. The molecule has 0 fully saturated rings. The number of nitrogens with zero attached hydrogens (tertiary/aromatic N) is 1. The molecule has 0 spiro atoms. The van der Waals surface area contributed by atoms with Gasteiger partial charge in [-0.1, -0.05) is 55.1 Å². The summed E-state index contributed by atoms with van der Waals surface area (Å²) in [5.74, 6) is 0.666. The predicted molar refractivity (Wildman–Crippen MR) is 107 cm³/mol. The Kier molecular flexibility index (Phi) is 5.89. The first kappa shape index (κ1) is 17.7. The largest absolute Gasteiger partial charge is 0.322 e. The van der Waals surface area contributed by atoms with Gasteiger partial charge in [0.25, 0.3) is 5.91 Å². The van der Waals surface area contributed by atoms with Crippen molar-refractivity contribution >= 4 is 34.7 Å². The Morgan fingerprint density at radius 2 is 1.84 bits per heavy atom. The Morgan fingerprint density at radius 3 is 2.56 bits per heavy atom. The molecular weight excluding hydrogens is 348 g/mol. The van der Waals surface area contributed by atoms with Gasteiger partial charge in [0.15, 0.2) is 0 Å². The summed E-state index contributed by atoms with van der Waals surface area (Å²) in [6.45, 7) is 4.08. The maximum atomic E-state index is 12.8.